The lowest BCUT2D eigenvalue weighted by molar-refractivity contribution is -0.133. The Hall–Kier alpha value is -5.74. The molecule has 2 N–H and O–H groups in total. The molecule has 0 bridgehead atoms. The van der Waals surface area contributed by atoms with Crippen molar-refractivity contribution in [2.45, 2.75) is 285 Å². The fourth-order valence-corrected chi connectivity index (χ4v) is 14.6. The van der Waals surface area contributed by atoms with Crippen molar-refractivity contribution in [3.8, 4) is 27.0 Å². The van der Waals surface area contributed by atoms with Gasteiger partial charge in [0.2, 0.25) is 0 Å². The van der Waals surface area contributed by atoms with E-state index >= 15 is 0 Å². The third kappa shape index (κ3) is 25.7. The summed E-state index contributed by atoms with van der Waals surface area (Å²) in [5, 5.41) is 29.7. The molecule has 87 heavy (non-hydrogen) atoms. The first kappa shape index (κ1) is 72.0. The molecule has 0 amide bonds. The van der Waals surface area contributed by atoms with Gasteiger partial charge in [-0.2, -0.15) is 5.26 Å². The van der Waals surface area contributed by atoms with Crippen LogP contribution in [0.25, 0.3) is 37.9 Å². The SMILES string of the molecule is [C-]#[N+]C(=Cc1cc(CCCCCC)c(-c2ccc(N(c3ccc(CCCCCCCCCCCC)cc3)c3ccc(-c4sc(C=C(C#N)C(=O)O)cc4CCCCCC)c(CCCCCCCCCC)c3)cc2CCCCCCCCCC)s1)C(=O)O. The van der Waals surface area contributed by atoms with E-state index in [1.54, 1.807) is 34.8 Å². The molecular weight excluding hydrogens is 1110 g/mol. The number of carboxylic acid groups (broad SMARTS) is 2. The van der Waals surface area contributed by atoms with E-state index in [9.17, 15) is 25.1 Å². The van der Waals surface area contributed by atoms with Crippen LogP contribution in [0.4, 0.5) is 17.1 Å². The summed E-state index contributed by atoms with van der Waals surface area (Å²) in [6.07, 6.45) is 49.7. The first-order valence-electron chi connectivity index (χ1n) is 34.7. The Morgan fingerprint density at radius 1 is 0.437 bits per heavy atom. The Morgan fingerprint density at radius 2 is 0.770 bits per heavy atom. The van der Waals surface area contributed by atoms with Crippen LogP contribution >= 0.6 is 22.7 Å². The van der Waals surface area contributed by atoms with E-state index in [0.717, 1.165) is 123 Å². The number of carbonyl (C=O) groups is 2. The van der Waals surface area contributed by atoms with E-state index in [-0.39, 0.29) is 11.3 Å². The number of benzene rings is 3. The fraction of sp³-hybridized carbons (Fsp3) is 0.564. The molecule has 0 radical (unpaired) electrons. The summed E-state index contributed by atoms with van der Waals surface area (Å²) in [4.78, 5) is 34.2. The van der Waals surface area contributed by atoms with Gasteiger partial charge >= 0.3 is 11.9 Å². The van der Waals surface area contributed by atoms with Crippen LogP contribution in [-0.2, 0) is 41.7 Å². The van der Waals surface area contributed by atoms with Crippen LogP contribution < -0.4 is 4.90 Å². The molecule has 7 nitrogen and oxygen atoms in total. The molecule has 0 aliphatic rings. The lowest BCUT2D eigenvalue weighted by atomic mass is 9.94. The Morgan fingerprint density at radius 3 is 1.13 bits per heavy atom. The smallest absolute Gasteiger partial charge is 0.346 e. The molecule has 472 valence electrons. The number of aliphatic carboxylic acids is 2. The molecule has 9 heteroatoms. The van der Waals surface area contributed by atoms with Crippen molar-refractivity contribution in [2.75, 3.05) is 4.90 Å². The Bertz CT molecular complexity index is 2760. The maximum atomic E-state index is 12.2. The molecule has 3 aromatic carbocycles. The molecule has 0 atom stereocenters. The molecule has 0 aliphatic heterocycles. The molecule has 5 rings (SSSR count). The van der Waals surface area contributed by atoms with Gasteiger partial charge in [0.25, 0.3) is 5.70 Å². The van der Waals surface area contributed by atoms with E-state index in [2.05, 4.69) is 117 Å². The third-order valence-electron chi connectivity index (χ3n) is 17.3. The van der Waals surface area contributed by atoms with Crippen molar-refractivity contribution in [3.63, 3.8) is 0 Å². The second-order valence-corrected chi connectivity index (χ2v) is 26.8. The van der Waals surface area contributed by atoms with Crippen LogP contribution in [0.3, 0.4) is 0 Å². The van der Waals surface area contributed by atoms with E-state index in [4.69, 9.17) is 6.57 Å². The van der Waals surface area contributed by atoms with Gasteiger partial charge in [-0.05, 0) is 164 Å². The average Bonchev–Trinajstić information content (AvgIpc) is 4.05. The lowest BCUT2D eigenvalue weighted by Crippen LogP contribution is -2.11. The highest BCUT2D eigenvalue weighted by Gasteiger charge is 2.23. The monoisotopic (exact) mass is 1220 g/mol. The first-order chi connectivity index (χ1) is 42.6. The Balaban J connectivity index is 1.68. The molecule has 5 aromatic rings. The van der Waals surface area contributed by atoms with E-state index in [1.165, 1.54) is 203 Å². The summed E-state index contributed by atoms with van der Waals surface area (Å²) >= 11 is 3.23. The van der Waals surface area contributed by atoms with Gasteiger partial charge in [0.05, 0.1) is 6.57 Å². The molecule has 2 aromatic heterocycles. The van der Waals surface area contributed by atoms with Gasteiger partial charge in [-0.3, -0.25) is 4.79 Å². The number of carboxylic acids is 2. The summed E-state index contributed by atoms with van der Waals surface area (Å²) < 4.78 is 0. The number of anilines is 3. The lowest BCUT2D eigenvalue weighted by Gasteiger charge is -2.28. The van der Waals surface area contributed by atoms with Crippen LogP contribution in [0.2, 0.25) is 0 Å². The zero-order chi connectivity index (χ0) is 62.3. The minimum absolute atomic E-state index is 0.250. The van der Waals surface area contributed by atoms with Gasteiger partial charge in [0.15, 0.2) is 0 Å². The molecule has 2 heterocycles. The van der Waals surface area contributed by atoms with Crippen molar-refractivity contribution in [1.29, 1.82) is 5.26 Å². The largest absolute Gasteiger partial charge is 0.486 e. The number of aryl methyl sites for hydroxylation is 5. The summed E-state index contributed by atoms with van der Waals surface area (Å²) in [5.41, 5.74) is 11.6. The second kappa shape index (κ2) is 43.0. The molecular formula is C78H109N3O4S2. The fourth-order valence-electron chi connectivity index (χ4n) is 12.2. The number of rotatable bonds is 48. The highest BCUT2D eigenvalue weighted by Crippen LogP contribution is 2.45. The number of unbranched alkanes of at least 4 members (excludes halogenated alkanes) is 29. The van der Waals surface area contributed by atoms with Gasteiger partial charge in [0, 0.05) is 36.6 Å². The average molecular weight is 1220 g/mol. The zero-order valence-electron chi connectivity index (χ0n) is 54.5. The van der Waals surface area contributed by atoms with Crippen molar-refractivity contribution >= 4 is 63.8 Å². The van der Waals surface area contributed by atoms with Gasteiger partial charge < -0.3 is 15.1 Å². The predicted octanol–water partition coefficient (Wildman–Crippen LogP) is 25.0. The van der Waals surface area contributed by atoms with Crippen LogP contribution in [0, 0.1) is 17.9 Å². The Labute approximate surface area is 535 Å². The highest BCUT2D eigenvalue weighted by atomic mass is 32.1. The van der Waals surface area contributed by atoms with E-state index < -0.39 is 11.9 Å². The number of hydrogen-bond donors (Lipinski definition) is 2. The number of hydrogen-bond acceptors (Lipinski definition) is 6. The number of nitriles is 1. The van der Waals surface area contributed by atoms with Crippen LogP contribution in [-0.4, -0.2) is 22.2 Å². The molecule has 0 spiro atoms. The highest BCUT2D eigenvalue weighted by molar-refractivity contribution is 7.17. The topological polar surface area (TPSA) is 106 Å². The Kier molecular flexibility index (Phi) is 35.6. The van der Waals surface area contributed by atoms with Crippen molar-refractivity contribution in [3.05, 3.63) is 133 Å². The minimum atomic E-state index is -1.20. The van der Waals surface area contributed by atoms with Crippen LogP contribution in [0.1, 0.15) is 290 Å². The van der Waals surface area contributed by atoms with Gasteiger partial charge in [-0.25, -0.2) is 9.64 Å². The molecule has 0 unspecified atom stereocenters. The quantitative estimate of drug-likeness (QED) is 0.0174. The van der Waals surface area contributed by atoms with Crippen molar-refractivity contribution in [2.24, 2.45) is 0 Å². The molecule has 0 saturated carbocycles. The van der Waals surface area contributed by atoms with E-state index in [0.29, 0.717) is 0 Å². The predicted molar refractivity (Wildman–Crippen MR) is 375 cm³/mol. The van der Waals surface area contributed by atoms with Crippen LogP contribution in [0.15, 0.2) is 84.1 Å². The normalized spacial score (nSPS) is 11.8. The van der Waals surface area contributed by atoms with Crippen LogP contribution in [0.5, 0.6) is 0 Å². The summed E-state index contributed by atoms with van der Waals surface area (Å²) in [5.74, 6) is -2.40. The van der Waals surface area contributed by atoms with Crippen molar-refractivity contribution < 1.29 is 19.8 Å². The molecule has 0 aliphatic carbocycles. The minimum Gasteiger partial charge on any atom is -0.486 e. The number of nitrogens with zero attached hydrogens (tertiary/aromatic N) is 3. The molecule has 0 saturated heterocycles. The first-order valence-corrected chi connectivity index (χ1v) is 36.3. The molecule has 0 fully saturated rings. The summed E-state index contributed by atoms with van der Waals surface area (Å²) in [7, 11) is 0. The number of thiophene rings is 2. The zero-order valence-corrected chi connectivity index (χ0v) is 56.2. The van der Waals surface area contributed by atoms with E-state index in [1.807, 2.05) is 6.07 Å². The maximum Gasteiger partial charge on any atom is 0.346 e. The van der Waals surface area contributed by atoms with Crippen molar-refractivity contribution in [1.82, 2.24) is 0 Å². The van der Waals surface area contributed by atoms with Gasteiger partial charge in [-0.15, -0.1) is 22.7 Å². The maximum absolute atomic E-state index is 12.2. The third-order valence-corrected chi connectivity index (χ3v) is 19.6. The van der Waals surface area contributed by atoms with Gasteiger partial charge in [0.1, 0.15) is 11.6 Å². The standard InChI is InChI=1S/C78H109N3O4S2/c1-7-12-17-22-25-28-29-30-33-36-41-61-46-48-67(49-47-61)81(68-50-52-72(62(54-68)42-39-34-31-26-23-18-13-8-2)75-64(44-37-20-15-10-4)56-70(86-75)58-66(60-79)77(82)83)69-51-53-73(63(55-69)43-40-35-32-27-24-19-14-9-3)76-65(45-38-21-16-11-5)57-71(87-76)59-74(80-6)78(84)85/h46-59H,7-45H2,1-5H3,(H,82,83)(H,84,85). The summed E-state index contributed by atoms with van der Waals surface area (Å²) in [6, 6.07) is 29.7. The second-order valence-electron chi connectivity index (χ2n) is 24.6. The summed E-state index contributed by atoms with van der Waals surface area (Å²) in [6.45, 7) is 19.0. The van der Waals surface area contributed by atoms with Gasteiger partial charge in [-0.1, -0.05) is 245 Å².